The molecule has 0 radical (unpaired) electrons. The molecule has 26 heavy (non-hydrogen) atoms. The quantitative estimate of drug-likeness (QED) is 0.680. The summed E-state index contributed by atoms with van der Waals surface area (Å²) >= 11 is 0. The van der Waals surface area contributed by atoms with Gasteiger partial charge in [-0.15, -0.1) is 0 Å². The molecule has 3 amide bonds. The molecular weight excluding hydrogens is 340 g/mol. The first-order valence-electron chi connectivity index (χ1n) is 8.01. The molecule has 0 aliphatic rings. The van der Waals surface area contributed by atoms with Gasteiger partial charge >= 0.3 is 12.0 Å². The van der Waals surface area contributed by atoms with E-state index in [0.717, 1.165) is 5.56 Å². The van der Waals surface area contributed by atoms with Crippen molar-refractivity contribution in [2.75, 3.05) is 13.7 Å². The van der Waals surface area contributed by atoms with Crippen molar-refractivity contribution >= 4 is 24.0 Å². The van der Waals surface area contributed by atoms with Crippen molar-refractivity contribution < 1.29 is 28.6 Å². The van der Waals surface area contributed by atoms with Crippen LogP contribution in [-0.2, 0) is 14.3 Å². The SMILES string of the molecule is C/C=C/c1ccc(OCC(=O)O[C@@H](C(=O)NC(N)=O)C(C)C)c(OC)c1. The van der Waals surface area contributed by atoms with Gasteiger partial charge in [0, 0.05) is 0 Å². The Morgan fingerprint density at radius 3 is 2.46 bits per heavy atom. The number of urea groups is 1. The number of carbonyl (C=O) groups is 3. The largest absolute Gasteiger partial charge is 0.493 e. The number of amides is 3. The number of imide groups is 1. The lowest BCUT2D eigenvalue weighted by atomic mass is 10.1. The second kappa shape index (κ2) is 10.1. The van der Waals surface area contributed by atoms with Gasteiger partial charge in [-0.2, -0.15) is 0 Å². The molecule has 0 unspecified atom stereocenters. The van der Waals surface area contributed by atoms with Crippen LogP contribution in [0.3, 0.4) is 0 Å². The second-order valence-corrected chi connectivity index (χ2v) is 5.71. The number of benzene rings is 1. The molecule has 0 saturated heterocycles. The summed E-state index contributed by atoms with van der Waals surface area (Å²) in [6, 6.07) is 4.22. The van der Waals surface area contributed by atoms with E-state index in [1.54, 1.807) is 32.0 Å². The van der Waals surface area contributed by atoms with Crippen LogP contribution in [0.15, 0.2) is 24.3 Å². The highest BCUT2D eigenvalue weighted by molar-refractivity contribution is 5.96. The van der Waals surface area contributed by atoms with E-state index in [4.69, 9.17) is 19.9 Å². The highest BCUT2D eigenvalue weighted by atomic mass is 16.6. The van der Waals surface area contributed by atoms with Gasteiger partial charge in [0.15, 0.2) is 24.2 Å². The zero-order valence-electron chi connectivity index (χ0n) is 15.3. The van der Waals surface area contributed by atoms with Gasteiger partial charge in [0.05, 0.1) is 7.11 Å². The fourth-order valence-corrected chi connectivity index (χ4v) is 2.10. The molecule has 1 rings (SSSR count). The fourth-order valence-electron chi connectivity index (χ4n) is 2.10. The van der Waals surface area contributed by atoms with E-state index >= 15 is 0 Å². The maximum atomic E-state index is 12.0. The molecule has 8 nitrogen and oxygen atoms in total. The summed E-state index contributed by atoms with van der Waals surface area (Å²) in [5.74, 6) is -1.08. The van der Waals surface area contributed by atoms with Gasteiger partial charge in [0.2, 0.25) is 0 Å². The zero-order chi connectivity index (χ0) is 19.7. The third kappa shape index (κ3) is 6.46. The Morgan fingerprint density at radius 2 is 1.92 bits per heavy atom. The number of ether oxygens (including phenoxy) is 3. The molecule has 1 aromatic rings. The molecule has 0 aliphatic heterocycles. The lowest BCUT2D eigenvalue weighted by molar-refractivity contribution is -0.160. The zero-order valence-corrected chi connectivity index (χ0v) is 15.3. The number of esters is 1. The molecule has 0 aromatic heterocycles. The smallest absolute Gasteiger partial charge is 0.344 e. The molecule has 142 valence electrons. The van der Waals surface area contributed by atoms with Crippen LogP contribution in [0.1, 0.15) is 26.3 Å². The third-order valence-electron chi connectivity index (χ3n) is 3.26. The molecule has 0 fully saturated rings. The number of hydrogen-bond acceptors (Lipinski definition) is 6. The van der Waals surface area contributed by atoms with E-state index in [1.807, 2.05) is 24.4 Å². The summed E-state index contributed by atoms with van der Waals surface area (Å²) in [5.41, 5.74) is 5.83. The van der Waals surface area contributed by atoms with E-state index in [-0.39, 0.29) is 5.92 Å². The van der Waals surface area contributed by atoms with Crippen LogP contribution in [-0.4, -0.2) is 37.7 Å². The van der Waals surface area contributed by atoms with Gasteiger partial charge < -0.3 is 19.9 Å². The summed E-state index contributed by atoms with van der Waals surface area (Å²) in [7, 11) is 1.49. The van der Waals surface area contributed by atoms with E-state index in [2.05, 4.69) is 0 Å². The molecule has 0 heterocycles. The fraction of sp³-hybridized carbons (Fsp3) is 0.389. The number of nitrogens with one attached hydrogen (secondary N) is 1. The van der Waals surface area contributed by atoms with Gasteiger partial charge in [-0.05, 0) is 30.5 Å². The van der Waals surface area contributed by atoms with Crippen molar-refractivity contribution in [1.82, 2.24) is 5.32 Å². The number of methoxy groups -OCH3 is 1. The molecule has 3 N–H and O–H groups in total. The van der Waals surface area contributed by atoms with Crippen molar-refractivity contribution in [2.45, 2.75) is 26.9 Å². The minimum Gasteiger partial charge on any atom is -0.493 e. The second-order valence-electron chi connectivity index (χ2n) is 5.71. The first-order valence-corrected chi connectivity index (χ1v) is 8.01. The third-order valence-corrected chi connectivity index (χ3v) is 3.26. The lowest BCUT2D eigenvalue weighted by Crippen LogP contribution is -2.46. The Morgan fingerprint density at radius 1 is 1.23 bits per heavy atom. The Kier molecular flexibility index (Phi) is 8.14. The minimum absolute atomic E-state index is 0.354. The van der Waals surface area contributed by atoms with Crippen LogP contribution in [0.5, 0.6) is 11.5 Å². The van der Waals surface area contributed by atoms with Gasteiger partial charge in [0.1, 0.15) is 0 Å². The number of rotatable bonds is 8. The van der Waals surface area contributed by atoms with Crippen molar-refractivity contribution in [3.63, 3.8) is 0 Å². The van der Waals surface area contributed by atoms with Gasteiger partial charge in [-0.25, -0.2) is 9.59 Å². The van der Waals surface area contributed by atoms with Crippen LogP contribution < -0.4 is 20.5 Å². The Bertz CT molecular complexity index is 684. The molecule has 1 aromatic carbocycles. The highest BCUT2D eigenvalue weighted by Gasteiger charge is 2.27. The van der Waals surface area contributed by atoms with Crippen LogP contribution in [0.4, 0.5) is 4.79 Å². The molecule has 0 aliphatic carbocycles. The van der Waals surface area contributed by atoms with Crippen LogP contribution >= 0.6 is 0 Å². The summed E-state index contributed by atoms with van der Waals surface area (Å²) in [4.78, 5) is 34.6. The normalized spacial score (nSPS) is 11.9. The molecule has 0 spiro atoms. The average molecular weight is 364 g/mol. The number of hydrogen-bond donors (Lipinski definition) is 2. The van der Waals surface area contributed by atoms with Crippen molar-refractivity contribution in [3.8, 4) is 11.5 Å². The monoisotopic (exact) mass is 364 g/mol. The van der Waals surface area contributed by atoms with Gasteiger partial charge in [0.25, 0.3) is 5.91 Å². The number of nitrogens with two attached hydrogens (primary N) is 1. The number of carbonyl (C=O) groups excluding carboxylic acids is 3. The van der Waals surface area contributed by atoms with Crippen LogP contribution in [0, 0.1) is 5.92 Å². The Hall–Kier alpha value is -3.03. The van der Waals surface area contributed by atoms with E-state index in [1.165, 1.54) is 7.11 Å². The van der Waals surface area contributed by atoms with Crippen LogP contribution in [0.25, 0.3) is 6.08 Å². The Balaban J connectivity index is 2.73. The van der Waals surface area contributed by atoms with E-state index in [0.29, 0.717) is 11.5 Å². The van der Waals surface area contributed by atoms with Crippen molar-refractivity contribution in [1.29, 1.82) is 0 Å². The minimum atomic E-state index is -1.16. The highest BCUT2D eigenvalue weighted by Crippen LogP contribution is 2.28. The molecular formula is C18H24N2O6. The lowest BCUT2D eigenvalue weighted by Gasteiger charge is -2.20. The van der Waals surface area contributed by atoms with Gasteiger partial charge in [-0.1, -0.05) is 32.1 Å². The predicted octanol–water partition coefficient (Wildman–Crippen LogP) is 1.87. The number of allylic oxidation sites excluding steroid dienone is 1. The van der Waals surface area contributed by atoms with Crippen molar-refractivity contribution in [3.05, 3.63) is 29.8 Å². The molecule has 0 saturated carbocycles. The first-order chi connectivity index (χ1) is 12.3. The topological polar surface area (TPSA) is 117 Å². The summed E-state index contributed by atoms with van der Waals surface area (Å²) in [6.07, 6.45) is 2.62. The Labute approximate surface area is 152 Å². The molecule has 0 bridgehead atoms. The maximum absolute atomic E-state index is 12.0. The summed E-state index contributed by atoms with van der Waals surface area (Å²) in [6.45, 7) is 4.81. The summed E-state index contributed by atoms with van der Waals surface area (Å²) in [5, 5.41) is 1.90. The standard InChI is InChI=1S/C18H24N2O6/c1-5-6-12-7-8-13(14(9-12)24-4)25-10-15(21)26-16(11(2)3)17(22)20-18(19)23/h5-9,11,16H,10H2,1-4H3,(H3,19,20,22,23)/b6-5+/t16-/m1/s1. The van der Waals surface area contributed by atoms with Crippen LogP contribution in [0.2, 0.25) is 0 Å². The average Bonchev–Trinajstić information content (AvgIpc) is 2.57. The maximum Gasteiger partial charge on any atom is 0.344 e. The summed E-state index contributed by atoms with van der Waals surface area (Å²) < 4.78 is 15.8. The van der Waals surface area contributed by atoms with E-state index < -0.39 is 30.6 Å². The first kappa shape index (κ1) is 21.0. The predicted molar refractivity (Wildman–Crippen MR) is 95.6 cm³/mol. The molecule has 1 atom stereocenters. The van der Waals surface area contributed by atoms with Gasteiger partial charge in [-0.3, -0.25) is 10.1 Å². The molecule has 8 heteroatoms. The van der Waals surface area contributed by atoms with E-state index in [9.17, 15) is 14.4 Å². The van der Waals surface area contributed by atoms with Crippen molar-refractivity contribution in [2.24, 2.45) is 11.7 Å². The number of primary amides is 1.